The van der Waals surface area contributed by atoms with Gasteiger partial charge in [0, 0.05) is 28.8 Å². The summed E-state index contributed by atoms with van der Waals surface area (Å²) in [7, 11) is 1.21. The van der Waals surface area contributed by atoms with E-state index in [0.717, 1.165) is 17.0 Å². The highest BCUT2D eigenvalue weighted by molar-refractivity contribution is 5.97. The Bertz CT molecular complexity index is 919. The quantitative estimate of drug-likeness (QED) is 0.587. The number of hydrogen-bond acceptors (Lipinski definition) is 2. The molecule has 24 heavy (non-hydrogen) atoms. The average Bonchev–Trinajstić information content (AvgIpc) is 2.54. The Morgan fingerprint density at radius 1 is 1.08 bits per heavy atom. The van der Waals surface area contributed by atoms with Gasteiger partial charge in [-0.15, -0.1) is 0 Å². The molecule has 0 atom stereocenters. The fourth-order valence-corrected chi connectivity index (χ4v) is 2.76. The molecule has 2 aromatic carbocycles. The molecule has 0 saturated carbocycles. The maximum Gasteiger partial charge on any atom is 0.417 e. The summed E-state index contributed by atoms with van der Waals surface area (Å²) in [5.74, 6) is -1.19. The number of halogens is 4. The molecule has 0 radical (unpaired) electrons. The number of aryl methyl sites for hydroxylation is 1. The van der Waals surface area contributed by atoms with Gasteiger partial charge in [-0.1, -0.05) is 18.2 Å². The van der Waals surface area contributed by atoms with Gasteiger partial charge in [-0.3, -0.25) is 4.98 Å². The predicted octanol–water partition coefficient (Wildman–Crippen LogP) is 5.38. The van der Waals surface area contributed by atoms with E-state index in [2.05, 4.69) is 4.98 Å². The first-order valence-corrected chi connectivity index (χ1v) is 7.12. The molecule has 3 aromatic rings. The lowest BCUT2D eigenvalue weighted by Gasteiger charge is -2.18. The number of alkyl halides is 3. The van der Waals surface area contributed by atoms with E-state index in [1.54, 1.807) is 24.3 Å². The highest BCUT2D eigenvalue weighted by atomic mass is 19.4. The highest BCUT2D eigenvalue weighted by Crippen LogP contribution is 2.44. The van der Waals surface area contributed by atoms with Crippen LogP contribution in [0.4, 0.5) is 17.6 Å². The van der Waals surface area contributed by atoms with Crippen molar-refractivity contribution in [2.24, 2.45) is 0 Å². The van der Waals surface area contributed by atoms with E-state index in [4.69, 9.17) is 4.74 Å². The van der Waals surface area contributed by atoms with E-state index in [9.17, 15) is 17.6 Å². The monoisotopic (exact) mass is 335 g/mol. The van der Waals surface area contributed by atoms with Gasteiger partial charge in [-0.25, -0.2) is 4.39 Å². The van der Waals surface area contributed by atoms with Crippen molar-refractivity contribution in [2.45, 2.75) is 13.1 Å². The Hall–Kier alpha value is -2.63. The zero-order chi connectivity index (χ0) is 17.5. The van der Waals surface area contributed by atoms with Gasteiger partial charge in [0.25, 0.3) is 0 Å². The average molecular weight is 335 g/mol. The standard InChI is InChI=1S/C18H13F4NO/c1-10-5-6-13(17-12(10)4-3-7-23-17)16-14(18(20,21)22)8-11(19)9-15(16)24-2/h3-9H,1-2H3. The summed E-state index contributed by atoms with van der Waals surface area (Å²) < 4.78 is 59.1. The van der Waals surface area contributed by atoms with Crippen LogP contribution in [0.25, 0.3) is 22.0 Å². The van der Waals surface area contributed by atoms with Crippen LogP contribution in [-0.4, -0.2) is 12.1 Å². The van der Waals surface area contributed by atoms with Crippen LogP contribution in [0, 0.1) is 12.7 Å². The molecule has 3 rings (SSSR count). The van der Waals surface area contributed by atoms with Crippen molar-refractivity contribution in [3.63, 3.8) is 0 Å². The summed E-state index contributed by atoms with van der Waals surface area (Å²) in [5, 5.41) is 0.731. The van der Waals surface area contributed by atoms with Crippen molar-refractivity contribution in [2.75, 3.05) is 7.11 Å². The number of nitrogens with zero attached hydrogens (tertiary/aromatic N) is 1. The van der Waals surface area contributed by atoms with Crippen molar-refractivity contribution in [1.29, 1.82) is 0 Å². The second-order valence-electron chi connectivity index (χ2n) is 5.36. The fourth-order valence-electron chi connectivity index (χ4n) is 2.76. The van der Waals surface area contributed by atoms with Gasteiger partial charge in [0.2, 0.25) is 0 Å². The van der Waals surface area contributed by atoms with E-state index in [-0.39, 0.29) is 16.9 Å². The summed E-state index contributed by atoms with van der Waals surface area (Å²) in [6.45, 7) is 1.85. The van der Waals surface area contributed by atoms with E-state index < -0.39 is 17.6 Å². The first-order valence-electron chi connectivity index (χ1n) is 7.12. The van der Waals surface area contributed by atoms with Gasteiger partial charge >= 0.3 is 6.18 Å². The number of benzene rings is 2. The van der Waals surface area contributed by atoms with Crippen LogP contribution in [0.15, 0.2) is 42.6 Å². The minimum atomic E-state index is -4.73. The molecule has 0 aliphatic carbocycles. The van der Waals surface area contributed by atoms with Crippen LogP contribution >= 0.6 is 0 Å². The van der Waals surface area contributed by atoms with Crippen molar-refractivity contribution in [3.8, 4) is 16.9 Å². The van der Waals surface area contributed by atoms with E-state index in [1.165, 1.54) is 13.3 Å². The van der Waals surface area contributed by atoms with Gasteiger partial charge in [0.1, 0.15) is 11.6 Å². The number of pyridine rings is 1. The van der Waals surface area contributed by atoms with Crippen LogP contribution in [0.1, 0.15) is 11.1 Å². The Labute approximate surface area is 135 Å². The summed E-state index contributed by atoms with van der Waals surface area (Å²) in [5.41, 5.74) is 0.245. The molecule has 0 saturated heterocycles. The third-order valence-corrected chi connectivity index (χ3v) is 3.85. The molecular formula is C18H13F4NO. The Balaban J connectivity index is 2.45. The molecule has 0 bridgehead atoms. The summed E-state index contributed by atoms with van der Waals surface area (Å²) in [6.07, 6.45) is -3.22. The van der Waals surface area contributed by atoms with Gasteiger partial charge in [-0.2, -0.15) is 13.2 Å². The lowest BCUT2D eigenvalue weighted by Crippen LogP contribution is -2.09. The first kappa shape index (κ1) is 16.2. The van der Waals surface area contributed by atoms with Crippen LogP contribution in [-0.2, 0) is 6.18 Å². The molecule has 0 N–H and O–H groups in total. The Kier molecular flexibility index (Phi) is 3.91. The summed E-state index contributed by atoms with van der Waals surface area (Å²) in [6, 6.07) is 8.18. The van der Waals surface area contributed by atoms with Crippen LogP contribution in [0.3, 0.4) is 0 Å². The van der Waals surface area contributed by atoms with Gasteiger partial charge in [0.15, 0.2) is 0 Å². The minimum absolute atomic E-state index is 0.182. The molecular weight excluding hydrogens is 322 g/mol. The second-order valence-corrected chi connectivity index (χ2v) is 5.36. The molecule has 0 spiro atoms. The smallest absolute Gasteiger partial charge is 0.417 e. The van der Waals surface area contributed by atoms with Crippen molar-refractivity contribution < 1.29 is 22.3 Å². The Morgan fingerprint density at radius 2 is 1.83 bits per heavy atom. The van der Waals surface area contributed by atoms with E-state index in [0.29, 0.717) is 11.6 Å². The van der Waals surface area contributed by atoms with Crippen molar-refractivity contribution in [3.05, 3.63) is 59.5 Å². The molecule has 0 amide bonds. The molecule has 0 aliphatic rings. The predicted molar refractivity (Wildman–Crippen MR) is 83.4 cm³/mol. The van der Waals surface area contributed by atoms with Crippen molar-refractivity contribution in [1.82, 2.24) is 4.98 Å². The van der Waals surface area contributed by atoms with Crippen molar-refractivity contribution >= 4 is 10.9 Å². The number of hydrogen-bond donors (Lipinski definition) is 0. The number of fused-ring (bicyclic) bond motifs is 1. The minimum Gasteiger partial charge on any atom is -0.496 e. The number of aromatic nitrogens is 1. The lowest BCUT2D eigenvalue weighted by molar-refractivity contribution is -0.137. The molecule has 124 valence electrons. The Morgan fingerprint density at radius 3 is 2.50 bits per heavy atom. The zero-order valence-corrected chi connectivity index (χ0v) is 12.9. The lowest BCUT2D eigenvalue weighted by atomic mass is 9.94. The third kappa shape index (κ3) is 2.68. The maximum absolute atomic E-state index is 13.6. The third-order valence-electron chi connectivity index (χ3n) is 3.85. The largest absolute Gasteiger partial charge is 0.496 e. The normalized spacial score (nSPS) is 11.8. The molecule has 0 fully saturated rings. The van der Waals surface area contributed by atoms with Gasteiger partial charge < -0.3 is 4.74 Å². The number of ether oxygens (including phenoxy) is 1. The molecule has 0 unspecified atom stereocenters. The highest BCUT2D eigenvalue weighted by Gasteiger charge is 2.36. The summed E-state index contributed by atoms with van der Waals surface area (Å²) in [4.78, 5) is 4.22. The maximum atomic E-state index is 13.6. The molecule has 6 heteroatoms. The first-order chi connectivity index (χ1) is 11.3. The molecule has 1 aromatic heterocycles. The number of methoxy groups -OCH3 is 1. The zero-order valence-electron chi connectivity index (χ0n) is 12.9. The molecule has 2 nitrogen and oxygen atoms in total. The van der Waals surface area contributed by atoms with Crippen LogP contribution < -0.4 is 4.74 Å². The molecule has 0 aliphatic heterocycles. The van der Waals surface area contributed by atoms with E-state index in [1.807, 2.05) is 6.92 Å². The van der Waals surface area contributed by atoms with E-state index >= 15 is 0 Å². The fraction of sp³-hybridized carbons (Fsp3) is 0.167. The van der Waals surface area contributed by atoms with Gasteiger partial charge in [0.05, 0.1) is 18.2 Å². The topological polar surface area (TPSA) is 22.1 Å². The second kappa shape index (κ2) is 5.78. The summed E-state index contributed by atoms with van der Waals surface area (Å²) >= 11 is 0. The van der Waals surface area contributed by atoms with Gasteiger partial charge in [-0.05, 0) is 24.6 Å². The van der Waals surface area contributed by atoms with Crippen LogP contribution in [0.2, 0.25) is 0 Å². The number of rotatable bonds is 2. The molecule has 1 heterocycles. The van der Waals surface area contributed by atoms with Crippen LogP contribution in [0.5, 0.6) is 5.75 Å². The SMILES string of the molecule is COc1cc(F)cc(C(F)(F)F)c1-c1ccc(C)c2cccnc12.